The molecule has 2 nitrogen and oxygen atoms in total. The summed E-state index contributed by atoms with van der Waals surface area (Å²) in [5.41, 5.74) is 1.30. The largest absolute Gasteiger partial charge is 0.870 e. The first-order chi connectivity index (χ1) is 6.20. The highest BCUT2D eigenvalue weighted by molar-refractivity contribution is 5.39. The average molecular weight is 175 g/mol. The first-order valence-corrected chi connectivity index (χ1v) is 4.51. The van der Waals surface area contributed by atoms with Crippen molar-refractivity contribution in [3.8, 4) is 5.75 Å². The van der Waals surface area contributed by atoms with Gasteiger partial charge in [-0.25, -0.2) is 0 Å². The molecule has 68 valence electrons. The molecule has 1 aliphatic carbocycles. The number of hydrogen-bond acceptors (Lipinski definition) is 2. The maximum atomic E-state index is 11.4. The molecule has 0 aromatic heterocycles. The van der Waals surface area contributed by atoms with Gasteiger partial charge in [0, 0.05) is 0 Å². The van der Waals surface area contributed by atoms with Crippen LogP contribution in [0.2, 0.25) is 0 Å². The van der Waals surface area contributed by atoms with Crippen molar-refractivity contribution in [3.63, 3.8) is 0 Å². The molecule has 0 N–H and O–H groups in total. The van der Waals surface area contributed by atoms with Crippen molar-refractivity contribution in [1.82, 2.24) is 0 Å². The van der Waals surface area contributed by atoms with Crippen LogP contribution in [0.1, 0.15) is 29.9 Å². The highest BCUT2D eigenvalue weighted by Gasteiger charge is 2.24. The smallest absolute Gasteiger partial charge is 0.171 e. The van der Waals surface area contributed by atoms with Crippen LogP contribution >= 0.6 is 0 Å². The minimum absolute atomic E-state index is 0.341. The van der Waals surface area contributed by atoms with Crippen LogP contribution in [0.4, 0.5) is 0 Å². The third-order valence-corrected chi connectivity index (χ3v) is 2.54. The second kappa shape index (κ2) is 2.87. The van der Waals surface area contributed by atoms with Gasteiger partial charge in [-0.05, 0) is 37.3 Å². The molecular weight excluding hydrogens is 164 g/mol. The summed E-state index contributed by atoms with van der Waals surface area (Å²) in [6.07, 6.45) is 2.30. The molecule has 13 heavy (non-hydrogen) atoms. The standard InChI is InChI=1S/C11H12O2/c1-7-9(8-5-6-8)3-2-4-10(12)11(7)13/h2-4,8H,5-6H2,1H3,(H,12,13)/p-1. The fourth-order valence-corrected chi connectivity index (χ4v) is 1.59. The maximum Gasteiger partial charge on any atom is 0.171 e. The minimum Gasteiger partial charge on any atom is -0.870 e. The van der Waals surface area contributed by atoms with E-state index in [4.69, 9.17) is 0 Å². The molecule has 2 heteroatoms. The van der Waals surface area contributed by atoms with Crippen LogP contribution in [-0.4, -0.2) is 0 Å². The number of rotatable bonds is 1. The first kappa shape index (κ1) is 8.30. The molecule has 1 aliphatic rings. The zero-order valence-electron chi connectivity index (χ0n) is 7.54. The summed E-state index contributed by atoms with van der Waals surface area (Å²) in [7, 11) is 0. The normalized spacial score (nSPS) is 15.8. The summed E-state index contributed by atoms with van der Waals surface area (Å²) in [4.78, 5) is 11.1. The van der Waals surface area contributed by atoms with Crippen LogP contribution in [0.5, 0.6) is 5.75 Å². The molecule has 0 radical (unpaired) electrons. The Labute approximate surface area is 76.9 Å². The monoisotopic (exact) mass is 175 g/mol. The Kier molecular flexibility index (Phi) is 1.83. The molecule has 0 atom stereocenters. The van der Waals surface area contributed by atoms with Crippen molar-refractivity contribution in [2.45, 2.75) is 25.7 Å². The van der Waals surface area contributed by atoms with Gasteiger partial charge in [0.05, 0.1) is 0 Å². The van der Waals surface area contributed by atoms with E-state index in [9.17, 15) is 9.90 Å². The van der Waals surface area contributed by atoms with Gasteiger partial charge >= 0.3 is 0 Å². The average Bonchev–Trinajstić information content (AvgIpc) is 2.91. The van der Waals surface area contributed by atoms with Gasteiger partial charge < -0.3 is 5.11 Å². The van der Waals surface area contributed by atoms with E-state index in [1.807, 2.05) is 6.07 Å². The van der Waals surface area contributed by atoms with E-state index in [2.05, 4.69) is 0 Å². The number of hydrogen-bond donors (Lipinski definition) is 0. The SMILES string of the molecule is Cc1c(C2CC2)cccc(=O)c1[O-]. The van der Waals surface area contributed by atoms with E-state index in [1.54, 1.807) is 13.0 Å². The topological polar surface area (TPSA) is 40.1 Å². The van der Waals surface area contributed by atoms with Crippen LogP contribution in [0, 0.1) is 6.92 Å². The van der Waals surface area contributed by atoms with Crippen molar-refractivity contribution in [1.29, 1.82) is 0 Å². The fraction of sp³-hybridized carbons (Fsp3) is 0.364. The van der Waals surface area contributed by atoms with Crippen LogP contribution < -0.4 is 10.5 Å². The molecule has 1 aromatic carbocycles. The lowest BCUT2D eigenvalue weighted by atomic mass is 10.1. The quantitative estimate of drug-likeness (QED) is 0.645. The minimum atomic E-state index is -0.399. The lowest BCUT2D eigenvalue weighted by Crippen LogP contribution is -2.07. The molecular formula is C11H11O2-. The van der Waals surface area contributed by atoms with Gasteiger partial charge in [0.15, 0.2) is 5.43 Å². The molecule has 0 unspecified atom stereocenters. The zero-order chi connectivity index (χ0) is 9.42. The maximum absolute atomic E-state index is 11.4. The van der Waals surface area contributed by atoms with E-state index in [0.717, 1.165) is 18.4 Å². The Hall–Kier alpha value is -1.31. The summed E-state index contributed by atoms with van der Waals surface area (Å²) in [6.45, 7) is 1.75. The summed E-state index contributed by atoms with van der Waals surface area (Å²) in [5, 5.41) is 11.4. The highest BCUT2D eigenvalue weighted by Crippen LogP contribution is 2.41. The van der Waals surface area contributed by atoms with Gasteiger partial charge in [0.25, 0.3) is 0 Å². The molecule has 2 rings (SSSR count). The van der Waals surface area contributed by atoms with E-state index in [1.165, 1.54) is 6.07 Å². The molecule has 1 fully saturated rings. The van der Waals surface area contributed by atoms with Crippen molar-refractivity contribution in [2.75, 3.05) is 0 Å². The molecule has 0 amide bonds. The highest BCUT2D eigenvalue weighted by atomic mass is 16.3. The van der Waals surface area contributed by atoms with Crippen LogP contribution in [0.15, 0.2) is 23.0 Å². The molecule has 0 aliphatic heterocycles. The summed E-state index contributed by atoms with van der Waals surface area (Å²) in [6, 6.07) is 4.93. The van der Waals surface area contributed by atoms with E-state index < -0.39 is 5.43 Å². The molecule has 0 spiro atoms. The zero-order valence-corrected chi connectivity index (χ0v) is 7.54. The van der Waals surface area contributed by atoms with Gasteiger partial charge in [0.1, 0.15) is 0 Å². The second-order valence-corrected chi connectivity index (χ2v) is 3.57. The van der Waals surface area contributed by atoms with Crippen molar-refractivity contribution in [3.05, 3.63) is 39.5 Å². The Balaban J connectivity index is 2.66. The van der Waals surface area contributed by atoms with Gasteiger partial charge in [-0.15, -0.1) is 0 Å². The Morgan fingerprint density at radius 2 is 2.08 bits per heavy atom. The third-order valence-electron chi connectivity index (χ3n) is 2.54. The second-order valence-electron chi connectivity index (χ2n) is 3.57. The fourth-order valence-electron chi connectivity index (χ4n) is 1.59. The van der Waals surface area contributed by atoms with E-state index >= 15 is 0 Å². The van der Waals surface area contributed by atoms with Crippen LogP contribution in [0.25, 0.3) is 0 Å². The summed E-state index contributed by atoms with van der Waals surface area (Å²) >= 11 is 0. The van der Waals surface area contributed by atoms with Crippen molar-refractivity contribution < 1.29 is 5.11 Å². The third kappa shape index (κ3) is 1.44. The molecule has 1 aromatic rings. The lowest BCUT2D eigenvalue weighted by Gasteiger charge is -2.07. The van der Waals surface area contributed by atoms with Gasteiger partial charge in [0.2, 0.25) is 0 Å². The van der Waals surface area contributed by atoms with E-state index in [0.29, 0.717) is 11.5 Å². The Morgan fingerprint density at radius 3 is 2.69 bits per heavy atom. The first-order valence-electron chi connectivity index (χ1n) is 4.51. The molecule has 0 bridgehead atoms. The Bertz CT molecular complexity index is 392. The van der Waals surface area contributed by atoms with Gasteiger partial charge in [-0.2, -0.15) is 0 Å². The lowest BCUT2D eigenvalue weighted by molar-refractivity contribution is -0.270. The molecule has 0 heterocycles. The van der Waals surface area contributed by atoms with Gasteiger partial charge in [-0.3, -0.25) is 4.79 Å². The predicted molar refractivity (Wildman–Crippen MR) is 48.9 cm³/mol. The van der Waals surface area contributed by atoms with Crippen LogP contribution in [-0.2, 0) is 0 Å². The van der Waals surface area contributed by atoms with Crippen molar-refractivity contribution in [2.24, 2.45) is 0 Å². The van der Waals surface area contributed by atoms with Gasteiger partial charge in [-0.1, -0.05) is 23.4 Å². The predicted octanol–water partition coefficient (Wildman–Crippen LogP) is 1.31. The van der Waals surface area contributed by atoms with Crippen LogP contribution in [0.3, 0.4) is 0 Å². The molecule has 1 saturated carbocycles. The summed E-state index contributed by atoms with van der Waals surface area (Å²) < 4.78 is 0. The van der Waals surface area contributed by atoms with Crippen molar-refractivity contribution >= 4 is 0 Å². The van der Waals surface area contributed by atoms with E-state index in [-0.39, 0.29) is 5.75 Å². The molecule has 0 saturated heterocycles. The summed E-state index contributed by atoms with van der Waals surface area (Å²) in [5.74, 6) is 0.186. The Morgan fingerprint density at radius 1 is 1.38 bits per heavy atom.